The van der Waals surface area contributed by atoms with Gasteiger partial charge in [-0.3, -0.25) is 4.98 Å². The predicted octanol–water partition coefficient (Wildman–Crippen LogP) is 10.1. The van der Waals surface area contributed by atoms with Crippen molar-refractivity contribution in [3.05, 3.63) is 152 Å². The molecule has 0 N–H and O–H groups in total. The zero-order valence-electron chi connectivity index (χ0n) is 22.8. The van der Waals surface area contributed by atoms with E-state index in [-0.39, 0.29) is 0 Å². The molecule has 0 spiro atoms. The van der Waals surface area contributed by atoms with Gasteiger partial charge in [0.2, 0.25) is 0 Å². The van der Waals surface area contributed by atoms with Crippen molar-refractivity contribution in [1.82, 2.24) is 14.1 Å². The van der Waals surface area contributed by atoms with E-state index in [1.165, 1.54) is 60.1 Å². The van der Waals surface area contributed by atoms with Gasteiger partial charge in [0.25, 0.3) is 0 Å². The molecule has 0 saturated heterocycles. The van der Waals surface area contributed by atoms with Gasteiger partial charge >= 0.3 is 0 Å². The van der Waals surface area contributed by atoms with Gasteiger partial charge in [-0.05, 0) is 83.1 Å². The van der Waals surface area contributed by atoms with E-state index in [1.54, 1.807) is 0 Å². The fourth-order valence-electron chi connectivity index (χ4n) is 6.67. The Balaban J connectivity index is 1.36. The van der Waals surface area contributed by atoms with Crippen molar-refractivity contribution in [2.45, 2.75) is 0 Å². The first-order chi connectivity index (χ1) is 20.8. The Morgan fingerprint density at radius 3 is 1.60 bits per heavy atom. The summed E-state index contributed by atoms with van der Waals surface area (Å²) >= 11 is 0. The maximum absolute atomic E-state index is 4.35. The number of hydrogen-bond donors (Lipinski definition) is 0. The highest BCUT2D eigenvalue weighted by atomic mass is 15.0. The molecular weight excluding hydrogens is 510 g/mol. The van der Waals surface area contributed by atoms with Crippen molar-refractivity contribution >= 4 is 54.4 Å². The van der Waals surface area contributed by atoms with Crippen LogP contribution >= 0.6 is 0 Å². The van der Waals surface area contributed by atoms with Crippen LogP contribution in [0.4, 0.5) is 0 Å². The Hall–Kier alpha value is -5.67. The molecule has 42 heavy (non-hydrogen) atoms. The van der Waals surface area contributed by atoms with Gasteiger partial charge in [0.1, 0.15) is 0 Å². The zero-order valence-corrected chi connectivity index (χ0v) is 22.8. The molecule has 0 unspecified atom stereocenters. The van der Waals surface area contributed by atoms with Crippen molar-refractivity contribution in [2.24, 2.45) is 0 Å². The Morgan fingerprint density at radius 1 is 0.381 bits per heavy atom. The van der Waals surface area contributed by atoms with Crippen LogP contribution in [0.3, 0.4) is 0 Å². The first kappa shape index (κ1) is 23.1. The number of fused-ring (bicyclic) bond motifs is 7. The summed E-state index contributed by atoms with van der Waals surface area (Å²) in [6, 6.07) is 50.5. The van der Waals surface area contributed by atoms with Crippen LogP contribution in [-0.4, -0.2) is 14.1 Å². The average Bonchev–Trinajstić information content (AvgIpc) is 3.55. The summed E-state index contributed by atoms with van der Waals surface area (Å²) in [6.07, 6.45) is 3.75. The highest BCUT2D eigenvalue weighted by Crippen LogP contribution is 2.39. The van der Waals surface area contributed by atoms with E-state index < -0.39 is 0 Å². The molecule has 0 saturated carbocycles. The highest BCUT2D eigenvalue weighted by Gasteiger charge is 2.17. The van der Waals surface area contributed by atoms with Gasteiger partial charge < -0.3 is 9.13 Å². The Kier molecular flexibility index (Phi) is 4.90. The standard InChI is InChI=1S/C39H25N3/c1-2-12-30(13-3-1)41-36-17-6-4-15-32(36)34-21-29-24-39-35(22-28(29)23-38(34)41)33-16-5-7-18-37(33)42(39)31-14-8-10-26(20-31)27-11-9-19-40-25-27/h1-25H. The molecule has 196 valence electrons. The maximum atomic E-state index is 4.35. The van der Waals surface area contributed by atoms with Gasteiger partial charge in [0.15, 0.2) is 0 Å². The Bertz CT molecular complexity index is 2450. The first-order valence-electron chi connectivity index (χ1n) is 14.3. The van der Waals surface area contributed by atoms with Crippen LogP contribution in [0.2, 0.25) is 0 Å². The van der Waals surface area contributed by atoms with Crippen LogP contribution in [-0.2, 0) is 0 Å². The smallest absolute Gasteiger partial charge is 0.0547 e. The summed E-state index contributed by atoms with van der Waals surface area (Å²) in [7, 11) is 0. The number of hydrogen-bond acceptors (Lipinski definition) is 1. The molecule has 0 aliphatic rings. The van der Waals surface area contributed by atoms with E-state index in [0.717, 1.165) is 16.8 Å². The van der Waals surface area contributed by atoms with Gasteiger partial charge in [0.05, 0.1) is 22.1 Å². The molecule has 0 fully saturated rings. The minimum atomic E-state index is 1.11. The molecule has 0 radical (unpaired) electrons. The average molecular weight is 536 g/mol. The molecule has 0 aliphatic heterocycles. The van der Waals surface area contributed by atoms with Crippen LogP contribution < -0.4 is 0 Å². The summed E-state index contributed by atoms with van der Waals surface area (Å²) < 4.78 is 4.79. The summed E-state index contributed by atoms with van der Waals surface area (Å²) in [5.41, 5.74) is 9.44. The van der Waals surface area contributed by atoms with Crippen molar-refractivity contribution in [2.75, 3.05) is 0 Å². The van der Waals surface area contributed by atoms with Gasteiger partial charge in [0, 0.05) is 50.9 Å². The van der Waals surface area contributed by atoms with E-state index in [0.29, 0.717) is 0 Å². The van der Waals surface area contributed by atoms with Gasteiger partial charge in [-0.1, -0.05) is 72.8 Å². The maximum Gasteiger partial charge on any atom is 0.0547 e. The predicted molar refractivity (Wildman–Crippen MR) is 176 cm³/mol. The molecule has 3 heteroatoms. The molecule has 3 heterocycles. The largest absolute Gasteiger partial charge is 0.309 e. The first-order valence-corrected chi connectivity index (χ1v) is 14.3. The molecule has 3 aromatic heterocycles. The minimum Gasteiger partial charge on any atom is -0.309 e. The number of rotatable bonds is 3. The monoisotopic (exact) mass is 535 g/mol. The molecule has 6 aromatic carbocycles. The lowest BCUT2D eigenvalue weighted by Crippen LogP contribution is -1.94. The van der Waals surface area contributed by atoms with Crippen LogP contribution in [0, 0.1) is 0 Å². The van der Waals surface area contributed by atoms with E-state index in [4.69, 9.17) is 0 Å². The van der Waals surface area contributed by atoms with Crippen molar-refractivity contribution in [1.29, 1.82) is 0 Å². The van der Waals surface area contributed by atoms with Crippen LogP contribution in [0.1, 0.15) is 0 Å². The number of nitrogens with zero attached hydrogens (tertiary/aromatic N) is 3. The number of pyridine rings is 1. The zero-order chi connectivity index (χ0) is 27.6. The summed E-state index contributed by atoms with van der Waals surface area (Å²) in [6.45, 7) is 0. The molecule has 3 nitrogen and oxygen atoms in total. The second-order valence-electron chi connectivity index (χ2n) is 10.9. The number of aromatic nitrogens is 3. The highest BCUT2D eigenvalue weighted by molar-refractivity contribution is 6.18. The quantitative estimate of drug-likeness (QED) is 0.221. The van der Waals surface area contributed by atoms with Crippen LogP contribution in [0.5, 0.6) is 0 Å². The summed E-state index contributed by atoms with van der Waals surface area (Å²) in [4.78, 5) is 4.35. The number of para-hydroxylation sites is 3. The third-order valence-electron chi connectivity index (χ3n) is 8.54. The molecule has 0 bridgehead atoms. The molecule has 0 amide bonds. The fourth-order valence-corrected chi connectivity index (χ4v) is 6.67. The van der Waals surface area contributed by atoms with Gasteiger partial charge in [-0.2, -0.15) is 0 Å². The Morgan fingerprint density at radius 2 is 0.952 bits per heavy atom. The van der Waals surface area contributed by atoms with Crippen molar-refractivity contribution in [3.63, 3.8) is 0 Å². The third kappa shape index (κ3) is 3.37. The van der Waals surface area contributed by atoms with E-state index in [1.807, 2.05) is 18.5 Å². The van der Waals surface area contributed by atoms with E-state index in [2.05, 4.69) is 148 Å². The second kappa shape index (κ2) is 8.92. The second-order valence-corrected chi connectivity index (χ2v) is 10.9. The Labute approximate surface area is 242 Å². The third-order valence-corrected chi connectivity index (χ3v) is 8.54. The van der Waals surface area contributed by atoms with Gasteiger partial charge in [-0.25, -0.2) is 0 Å². The minimum absolute atomic E-state index is 1.11. The summed E-state index contributed by atoms with van der Waals surface area (Å²) in [5, 5.41) is 7.52. The lowest BCUT2D eigenvalue weighted by molar-refractivity contribution is 1.18. The molecule has 0 aliphatic carbocycles. The van der Waals surface area contributed by atoms with Crippen molar-refractivity contribution < 1.29 is 0 Å². The molecule has 0 atom stereocenters. The lowest BCUT2D eigenvalue weighted by atomic mass is 10.0. The topological polar surface area (TPSA) is 22.8 Å². The van der Waals surface area contributed by atoms with Crippen LogP contribution in [0.15, 0.2) is 152 Å². The van der Waals surface area contributed by atoms with Gasteiger partial charge in [-0.15, -0.1) is 0 Å². The fraction of sp³-hybridized carbons (Fsp3) is 0. The SMILES string of the molecule is c1ccc(-n2c3ccccc3c3cc4cc5c(cc4cc32)c2ccccc2n5-c2cccc(-c3cccnc3)c2)cc1. The number of benzene rings is 6. The molecule has 9 rings (SSSR count). The van der Waals surface area contributed by atoms with Crippen molar-refractivity contribution in [3.8, 4) is 22.5 Å². The lowest BCUT2D eigenvalue weighted by Gasteiger charge is -2.11. The van der Waals surface area contributed by atoms with E-state index in [9.17, 15) is 0 Å². The molecular formula is C39H25N3. The normalized spacial score (nSPS) is 11.8. The molecule has 9 aromatic rings. The van der Waals surface area contributed by atoms with E-state index >= 15 is 0 Å². The van der Waals surface area contributed by atoms with Crippen LogP contribution in [0.25, 0.3) is 76.9 Å². The summed E-state index contributed by atoms with van der Waals surface area (Å²) in [5.74, 6) is 0.